The van der Waals surface area contributed by atoms with Gasteiger partial charge in [-0.25, -0.2) is 0 Å². The number of rotatable bonds is 3. The maximum absolute atomic E-state index is 9.88. The number of phenols is 1. The molecule has 0 saturated heterocycles. The molecule has 0 unspecified atom stereocenters. The van der Waals surface area contributed by atoms with Gasteiger partial charge in [-0.2, -0.15) is 5.26 Å². The number of aromatic hydroxyl groups is 1. The zero-order valence-electron chi connectivity index (χ0n) is 12.8. The molecule has 7 nitrogen and oxygen atoms in total. The molecule has 0 radical (unpaired) electrons. The number of H-pyrrole nitrogens is 1. The van der Waals surface area contributed by atoms with Crippen LogP contribution in [0.4, 0.5) is 0 Å². The summed E-state index contributed by atoms with van der Waals surface area (Å²) in [7, 11) is 0. The predicted molar refractivity (Wildman–Crippen MR) is 81.9 cm³/mol. The molecular formula is C16H16N4O3. The Morgan fingerprint density at radius 1 is 1.52 bits per heavy atom. The maximum Gasteiger partial charge on any atom is 0.244 e. The van der Waals surface area contributed by atoms with Crippen molar-refractivity contribution in [2.75, 3.05) is 6.61 Å². The quantitative estimate of drug-likeness (QED) is 0.798. The Kier molecular flexibility index (Phi) is 3.58. The van der Waals surface area contributed by atoms with Gasteiger partial charge in [0.2, 0.25) is 11.8 Å². The van der Waals surface area contributed by atoms with Crippen LogP contribution in [0.15, 0.2) is 29.7 Å². The number of aromatic nitrogens is 2. The van der Waals surface area contributed by atoms with Crippen LogP contribution in [0.1, 0.15) is 29.7 Å². The van der Waals surface area contributed by atoms with Crippen molar-refractivity contribution in [3.05, 3.63) is 46.5 Å². The number of fused-ring (bicyclic) bond motifs is 1. The molecule has 1 atom stereocenters. The van der Waals surface area contributed by atoms with Gasteiger partial charge in [-0.3, -0.25) is 5.10 Å². The molecule has 0 fully saturated rings. The fraction of sp³-hybridized carbons (Fsp3) is 0.250. The molecule has 2 heterocycles. The fourth-order valence-electron chi connectivity index (χ4n) is 2.71. The Labute approximate surface area is 132 Å². The number of nitrogens with one attached hydrogen (secondary N) is 1. The molecule has 2 aromatic rings. The van der Waals surface area contributed by atoms with Crippen LogP contribution in [-0.2, 0) is 0 Å². The van der Waals surface area contributed by atoms with E-state index >= 15 is 0 Å². The summed E-state index contributed by atoms with van der Waals surface area (Å²) >= 11 is 0. The second-order valence-electron chi connectivity index (χ2n) is 5.15. The zero-order valence-corrected chi connectivity index (χ0v) is 12.8. The van der Waals surface area contributed by atoms with Crippen molar-refractivity contribution in [2.24, 2.45) is 5.73 Å². The van der Waals surface area contributed by atoms with Crippen LogP contribution >= 0.6 is 0 Å². The summed E-state index contributed by atoms with van der Waals surface area (Å²) in [6.45, 7) is 4.10. The number of hydrogen-bond donors (Lipinski definition) is 3. The molecule has 0 amide bonds. The third kappa shape index (κ3) is 2.34. The number of nitrogens with two attached hydrogens (primary N) is 1. The van der Waals surface area contributed by atoms with Crippen LogP contribution in [-0.4, -0.2) is 21.9 Å². The number of phenolic OH excluding ortho intramolecular Hbond substituents is 1. The molecule has 0 aliphatic carbocycles. The highest BCUT2D eigenvalue weighted by Gasteiger charge is 2.34. The summed E-state index contributed by atoms with van der Waals surface area (Å²) in [5.41, 5.74) is 8.47. The Hall–Kier alpha value is -3.14. The van der Waals surface area contributed by atoms with E-state index in [4.69, 9.17) is 15.2 Å². The standard InChI is InChI=1S/C16H16N4O3/c1-3-22-12-6-9(4-5-11(12)21)14-10(7-17)15(18)23-16-13(14)8(2)19-20-16/h4-6,14,21H,3,18H2,1-2H3,(H,19,20)/t14-/m0/s1. The van der Waals surface area contributed by atoms with Crippen LogP contribution in [0.25, 0.3) is 0 Å². The van der Waals surface area contributed by atoms with Gasteiger partial charge in [-0.1, -0.05) is 6.07 Å². The van der Waals surface area contributed by atoms with Crippen LogP contribution < -0.4 is 15.2 Å². The van der Waals surface area contributed by atoms with E-state index in [1.54, 1.807) is 12.1 Å². The smallest absolute Gasteiger partial charge is 0.244 e. The number of nitrogens with zero attached hydrogens (tertiary/aromatic N) is 2. The lowest BCUT2D eigenvalue weighted by Crippen LogP contribution is -2.21. The lowest BCUT2D eigenvalue weighted by Gasteiger charge is -2.24. The van der Waals surface area contributed by atoms with Crippen molar-refractivity contribution in [1.82, 2.24) is 10.2 Å². The van der Waals surface area contributed by atoms with Gasteiger partial charge in [-0.15, -0.1) is 5.10 Å². The molecular weight excluding hydrogens is 296 g/mol. The molecule has 1 aromatic carbocycles. The van der Waals surface area contributed by atoms with E-state index < -0.39 is 5.92 Å². The number of benzene rings is 1. The molecule has 1 aliphatic rings. The summed E-state index contributed by atoms with van der Waals surface area (Å²) in [6, 6.07) is 7.08. The van der Waals surface area contributed by atoms with Gasteiger partial charge in [-0.05, 0) is 31.5 Å². The highest BCUT2D eigenvalue weighted by molar-refractivity contribution is 5.57. The SMILES string of the molecule is CCOc1cc([C@H]2C(C#N)=C(N)Oc3n[nH]c(C)c32)ccc1O. The summed E-state index contributed by atoms with van der Waals surface area (Å²) in [5, 5.41) is 26.3. The first kappa shape index (κ1) is 14.8. The van der Waals surface area contributed by atoms with Gasteiger partial charge >= 0.3 is 0 Å². The molecule has 1 aromatic heterocycles. The van der Waals surface area contributed by atoms with Gasteiger partial charge in [0.25, 0.3) is 0 Å². The van der Waals surface area contributed by atoms with Gasteiger partial charge in [0, 0.05) is 11.3 Å². The maximum atomic E-state index is 9.88. The second-order valence-corrected chi connectivity index (χ2v) is 5.15. The number of allylic oxidation sites excluding steroid dienone is 1. The normalized spacial score (nSPS) is 16.5. The number of aromatic amines is 1. The molecule has 4 N–H and O–H groups in total. The fourth-order valence-corrected chi connectivity index (χ4v) is 2.71. The second kappa shape index (κ2) is 5.57. The van der Waals surface area contributed by atoms with Crippen molar-refractivity contribution in [2.45, 2.75) is 19.8 Å². The lowest BCUT2D eigenvalue weighted by molar-refractivity contribution is 0.317. The Balaban J connectivity index is 2.19. The minimum atomic E-state index is -0.428. The molecule has 0 spiro atoms. The number of aryl methyl sites for hydroxylation is 1. The van der Waals surface area contributed by atoms with E-state index in [1.165, 1.54) is 6.07 Å². The van der Waals surface area contributed by atoms with Gasteiger partial charge < -0.3 is 20.3 Å². The monoisotopic (exact) mass is 312 g/mol. The molecule has 1 aliphatic heterocycles. The molecule has 23 heavy (non-hydrogen) atoms. The predicted octanol–water partition coefficient (Wildman–Crippen LogP) is 2.04. The third-order valence-electron chi connectivity index (χ3n) is 3.75. The van der Waals surface area contributed by atoms with Crippen LogP contribution in [0.2, 0.25) is 0 Å². The van der Waals surface area contributed by atoms with Crippen molar-refractivity contribution in [1.29, 1.82) is 5.26 Å². The topological polar surface area (TPSA) is 117 Å². The largest absolute Gasteiger partial charge is 0.504 e. The zero-order chi connectivity index (χ0) is 16.6. The van der Waals surface area contributed by atoms with Crippen LogP contribution in [0.3, 0.4) is 0 Å². The Morgan fingerprint density at radius 3 is 3.00 bits per heavy atom. The Morgan fingerprint density at radius 2 is 2.30 bits per heavy atom. The molecule has 118 valence electrons. The number of ether oxygens (including phenoxy) is 2. The summed E-state index contributed by atoms with van der Waals surface area (Å²) in [5.74, 6) is 0.359. The van der Waals surface area contributed by atoms with Gasteiger partial charge in [0.15, 0.2) is 11.5 Å². The van der Waals surface area contributed by atoms with Gasteiger partial charge in [0.1, 0.15) is 11.6 Å². The minimum absolute atomic E-state index is 0.0301. The molecule has 0 bridgehead atoms. The molecule has 7 heteroatoms. The summed E-state index contributed by atoms with van der Waals surface area (Å²) in [4.78, 5) is 0. The Bertz CT molecular complexity index is 832. The first-order valence-electron chi connectivity index (χ1n) is 7.15. The first-order chi connectivity index (χ1) is 11.1. The van der Waals surface area contributed by atoms with E-state index in [2.05, 4.69) is 16.3 Å². The van der Waals surface area contributed by atoms with Crippen molar-refractivity contribution in [3.8, 4) is 23.4 Å². The van der Waals surface area contributed by atoms with E-state index in [1.807, 2.05) is 13.8 Å². The third-order valence-corrected chi connectivity index (χ3v) is 3.75. The van der Waals surface area contributed by atoms with Crippen LogP contribution in [0, 0.1) is 18.3 Å². The van der Waals surface area contributed by atoms with E-state index in [0.717, 1.165) is 16.8 Å². The highest BCUT2D eigenvalue weighted by Crippen LogP contribution is 2.44. The van der Waals surface area contributed by atoms with E-state index in [-0.39, 0.29) is 11.6 Å². The highest BCUT2D eigenvalue weighted by atomic mass is 16.5. The average molecular weight is 312 g/mol. The average Bonchev–Trinajstić information content (AvgIpc) is 2.89. The summed E-state index contributed by atoms with van der Waals surface area (Å²) in [6.07, 6.45) is 0. The van der Waals surface area contributed by atoms with Gasteiger partial charge in [0.05, 0.1) is 12.5 Å². The number of hydrogen-bond acceptors (Lipinski definition) is 6. The van der Waals surface area contributed by atoms with Crippen molar-refractivity contribution < 1.29 is 14.6 Å². The molecule has 3 rings (SSSR count). The lowest BCUT2D eigenvalue weighted by atomic mass is 9.84. The van der Waals surface area contributed by atoms with Crippen LogP contribution in [0.5, 0.6) is 17.4 Å². The molecule has 0 saturated carbocycles. The first-order valence-corrected chi connectivity index (χ1v) is 7.15. The number of nitriles is 1. The van der Waals surface area contributed by atoms with E-state index in [9.17, 15) is 10.4 Å². The van der Waals surface area contributed by atoms with Crippen molar-refractivity contribution in [3.63, 3.8) is 0 Å². The van der Waals surface area contributed by atoms with E-state index in [0.29, 0.717) is 23.8 Å². The minimum Gasteiger partial charge on any atom is -0.504 e. The summed E-state index contributed by atoms with van der Waals surface area (Å²) < 4.78 is 10.8. The van der Waals surface area contributed by atoms with Crippen molar-refractivity contribution >= 4 is 0 Å².